The van der Waals surface area contributed by atoms with Crippen LogP contribution in [0.5, 0.6) is 0 Å². The molecule has 2 aliphatic heterocycles. The number of carbonyl (C=O) groups excluding carboxylic acids is 2. The van der Waals surface area contributed by atoms with E-state index < -0.39 is 0 Å². The molecule has 0 spiro atoms. The van der Waals surface area contributed by atoms with Gasteiger partial charge in [-0.15, -0.1) is 5.10 Å². The molecule has 0 N–H and O–H groups in total. The van der Waals surface area contributed by atoms with Crippen molar-refractivity contribution in [3.8, 4) is 16.9 Å². The van der Waals surface area contributed by atoms with Crippen LogP contribution < -0.4 is 0 Å². The number of amides is 2. The Morgan fingerprint density at radius 3 is 2.48 bits per heavy atom. The molecule has 0 radical (unpaired) electrons. The molecule has 0 bridgehead atoms. The fraction of sp³-hybridized carbons (Fsp3) is 0.250. The van der Waals surface area contributed by atoms with Gasteiger partial charge in [0.15, 0.2) is 5.82 Å². The van der Waals surface area contributed by atoms with Crippen LogP contribution in [0, 0.1) is 0 Å². The summed E-state index contributed by atoms with van der Waals surface area (Å²) in [6.45, 7) is 1.19. The topological polar surface area (TPSA) is 100 Å². The van der Waals surface area contributed by atoms with E-state index in [1.807, 2.05) is 33.9 Å². The number of imide groups is 1. The summed E-state index contributed by atoms with van der Waals surface area (Å²) in [5.74, 6) is -0.0871. The van der Waals surface area contributed by atoms with Gasteiger partial charge in [0.25, 0.3) is 11.8 Å². The Kier molecular flexibility index (Phi) is 6.18. The molecule has 1 saturated heterocycles. The summed E-state index contributed by atoms with van der Waals surface area (Å²) in [5.41, 5.74) is 3.36. The van der Waals surface area contributed by atoms with Crippen molar-refractivity contribution in [3.05, 3.63) is 82.4 Å². The monoisotopic (exact) mass is 575 g/mol. The molecule has 7 rings (SSSR count). The molecular weight excluding hydrogens is 553 g/mol. The Morgan fingerprint density at radius 1 is 0.925 bits per heavy atom. The molecular formula is C28H23Cl2N7O3. The highest BCUT2D eigenvalue weighted by Crippen LogP contribution is 2.39. The highest BCUT2D eigenvalue weighted by molar-refractivity contribution is 6.45. The first-order valence-electron chi connectivity index (χ1n) is 13.0. The van der Waals surface area contributed by atoms with E-state index in [9.17, 15) is 9.59 Å². The van der Waals surface area contributed by atoms with Gasteiger partial charge in [0.2, 0.25) is 0 Å². The minimum atomic E-state index is -0.303. The number of rotatable bonds is 6. The van der Waals surface area contributed by atoms with Gasteiger partial charge in [-0.1, -0.05) is 46.6 Å². The average Bonchev–Trinajstić information content (AvgIpc) is 3.77. The number of ether oxygens (including phenoxy) is 1. The maximum Gasteiger partial charge on any atom is 0.261 e. The Morgan fingerprint density at radius 2 is 1.73 bits per heavy atom. The molecule has 2 amide bonds. The molecule has 12 heteroatoms. The van der Waals surface area contributed by atoms with Crippen LogP contribution in [0.1, 0.15) is 46.2 Å². The molecule has 202 valence electrons. The lowest BCUT2D eigenvalue weighted by Crippen LogP contribution is -2.33. The molecule has 10 nitrogen and oxygen atoms in total. The van der Waals surface area contributed by atoms with Crippen molar-refractivity contribution in [2.75, 3.05) is 13.2 Å². The van der Waals surface area contributed by atoms with Crippen molar-refractivity contribution < 1.29 is 14.3 Å². The second-order valence-electron chi connectivity index (χ2n) is 9.85. The van der Waals surface area contributed by atoms with Crippen LogP contribution in [0.2, 0.25) is 10.0 Å². The number of halogens is 2. The lowest BCUT2D eigenvalue weighted by Gasteiger charge is -2.22. The van der Waals surface area contributed by atoms with E-state index in [1.165, 1.54) is 4.90 Å². The second kappa shape index (κ2) is 9.88. The van der Waals surface area contributed by atoms with Crippen molar-refractivity contribution in [3.63, 3.8) is 0 Å². The number of fused-ring (bicyclic) bond motifs is 2. The van der Waals surface area contributed by atoms with Gasteiger partial charge < -0.3 is 4.74 Å². The van der Waals surface area contributed by atoms with E-state index >= 15 is 0 Å². The summed E-state index contributed by atoms with van der Waals surface area (Å²) in [6.07, 6.45) is 10.5. The molecule has 1 atom stereocenters. The third kappa shape index (κ3) is 4.11. The molecule has 0 saturated carbocycles. The predicted octanol–water partition coefficient (Wildman–Crippen LogP) is 5.39. The SMILES string of the molecule is O=C1c2ccccc2C(=O)N1CCn1cc(-n2cc(-c3cnn(C4CCCCO4)c3)c3ccc(Cl)c(Cl)c32)nn1. The average molecular weight is 576 g/mol. The lowest BCUT2D eigenvalue weighted by atomic mass is 10.1. The van der Waals surface area contributed by atoms with E-state index in [0.717, 1.165) is 42.4 Å². The molecule has 1 unspecified atom stereocenters. The predicted molar refractivity (Wildman–Crippen MR) is 149 cm³/mol. The molecule has 2 aliphatic rings. The first-order chi connectivity index (χ1) is 19.5. The lowest BCUT2D eigenvalue weighted by molar-refractivity contribution is -0.0394. The van der Waals surface area contributed by atoms with Gasteiger partial charge in [0, 0.05) is 42.1 Å². The summed E-state index contributed by atoms with van der Waals surface area (Å²) in [4.78, 5) is 26.7. The zero-order valence-corrected chi connectivity index (χ0v) is 22.7. The number of nitrogens with zero attached hydrogens (tertiary/aromatic N) is 7. The maximum atomic E-state index is 12.7. The number of hydrogen-bond donors (Lipinski definition) is 0. The number of aromatic nitrogens is 6. The molecule has 2 aromatic carbocycles. The normalized spacial score (nSPS) is 17.2. The van der Waals surface area contributed by atoms with Gasteiger partial charge in [-0.05, 0) is 37.5 Å². The second-order valence-corrected chi connectivity index (χ2v) is 10.6. The Bertz CT molecular complexity index is 1750. The fourth-order valence-electron chi connectivity index (χ4n) is 5.39. The van der Waals surface area contributed by atoms with Crippen LogP contribution in [0.15, 0.2) is 61.2 Å². The Labute approximate surface area is 238 Å². The van der Waals surface area contributed by atoms with E-state index in [1.54, 1.807) is 41.2 Å². The molecule has 40 heavy (non-hydrogen) atoms. The standard InChI is InChI=1S/C28H23Cl2N7O3/c29-22-9-8-18-21(17-13-31-37(14-17)24-7-3-4-12-40-24)15-36(26(18)25(22)30)23-16-34(33-32-23)10-11-35-27(38)19-5-1-2-6-20(19)28(35)39/h1-2,5-6,8-9,13-16,24H,3-4,7,10-12H2. The quantitative estimate of drug-likeness (QED) is 0.252. The highest BCUT2D eigenvalue weighted by Gasteiger charge is 2.34. The van der Waals surface area contributed by atoms with Crippen molar-refractivity contribution in [2.45, 2.75) is 32.0 Å². The molecule has 3 aromatic heterocycles. The van der Waals surface area contributed by atoms with E-state index in [2.05, 4.69) is 15.4 Å². The third-order valence-corrected chi connectivity index (χ3v) is 8.22. The largest absolute Gasteiger partial charge is 0.357 e. The first kappa shape index (κ1) is 25.0. The van der Waals surface area contributed by atoms with Crippen molar-refractivity contribution >= 4 is 45.9 Å². The van der Waals surface area contributed by atoms with Crippen LogP contribution in [0.25, 0.3) is 27.8 Å². The van der Waals surface area contributed by atoms with Crippen molar-refractivity contribution in [1.82, 2.24) is 34.2 Å². The summed E-state index contributed by atoms with van der Waals surface area (Å²) < 4.78 is 11.2. The zero-order valence-electron chi connectivity index (χ0n) is 21.2. The van der Waals surface area contributed by atoms with Gasteiger partial charge in [-0.3, -0.25) is 19.1 Å². The van der Waals surface area contributed by atoms with E-state index in [0.29, 0.717) is 32.5 Å². The summed E-state index contributed by atoms with van der Waals surface area (Å²) >= 11 is 13.1. The summed E-state index contributed by atoms with van der Waals surface area (Å²) in [6, 6.07) is 10.5. The van der Waals surface area contributed by atoms with Crippen LogP contribution in [0.4, 0.5) is 0 Å². The van der Waals surface area contributed by atoms with E-state index in [4.69, 9.17) is 27.9 Å². The van der Waals surface area contributed by atoms with Gasteiger partial charge in [0.05, 0.1) is 45.6 Å². The minimum absolute atomic E-state index is 0.0732. The first-order valence-corrected chi connectivity index (χ1v) is 13.8. The number of benzene rings is 2. The van der Waals surface area contributed by atoms with Crippen molar-refractivity contribution in [1.29, 1.82) is 0 Å². The zero-order chi connectivity index (χ0) is 27.4. The van der Waals surface area contributed by atoms with E-state index in [-0.39, 0.29) is 31.1 Å². The Balaban J connectivity index is 1.19. The molecule has 5 aromatic rings. The third-order valence-electron chi connectivity index (χ3n) is 7.43. The summed E-state index contributed by atoms with van der Waals surface area (Å²) in [7, 11) is 0. The smallest absolute Gasteiger partial charge is 0.261 e. The molecule has 0 aliphatic carbocycles. The van der Waals surface area contributed by atoms with Crippen LogP contribution in [-0.4, -0.2) is 59.2 Å². The highest BCUT2D eigenvalue weighted by atomic mass is 35.5. The van der Waals surface area contributed by atoms with Crippen LogP contribution in [-0.2, 0) is 11.3 Å². The molecule has 5 heterocycles. The number of carbonyl (C=O) groups is 2. The summed E-state index contributed by atoms with van der Waals surface area (Å²) in [5, 5.41) is 14.9. The van der Waals surface area contributed by atoms with Gasteiger partial charge >= 0.3 is 0 Å². The Hall–Kier alpha value is -3.99. The van der Waals surface area contributed by atoms with Gasteiger partial charge in [0.1, 0.15) is 6.23 Å². The molecule has 1 fully saturated rings. The number of hydrogen-bond acceptors (Lipinski definition) is 6. The van der Waals surface area contributed by atoms with Gasteiger partial charge in [-0.2, -0.15) is 5.10 Å². The minimum Gasteiger partial charge on any atom is -0.357 e. The van der Waals surface area contributed by atoms with Gasteiger partial charge in [-0.25, -0.2) is 9.36 Å². The maximum absolute atomic E-state index is 12.7. The van der Waals surface area contributed by atoms with Crippen LogP contribution >= 0.6 is 23.2 Å². The fourth-order valence-corrected chi connectivity index (χ4v) is 5.79. The van der Waals surface area contributed by atoms with Crippen molar-refractivity contribution in [2.24, 2.45) is 0 Å². The van der Waals surface area contributed by atoms with Crippen LogP contribution in [0.3, 0.4) is 0 Å².